The Balaban J connectivity index is 1.74. The van der Waals surface area contributed by atoms with Crippen LogP contribution in [0.4, 0.5) is 8.78 Å². The molecular formula is C15H15F2N3OS. The summed E-state index contributed by atoms with van der Waals surface area (Å²) in [4.78, 5) is 20.8. The first-order chi connectivity index (χ1) is 10.5. The molecule has 0 aromatic heterocycles. The normalized spacial score (nSPS) is 21.6. The van der Waals surface area contributed by atoms with E-state index in [9.17, 15) is 13.6 Å². The third kappa shape index (κ3) is 3.20. The number of amides is 1. The molecule has 0 unspecified atom stereocenters. The average molecular weight is 323 g/mol. The predicted octanol–water partition coefficient (Wildman–Crippen LogP) is 2.18. The van der Waals surface area contributed by atoms with Crippen LogP contribution in [0, 0.1) is 11.6 Å². The van der Waals surface area contributed by atoms with E-state index in [0.29, 0.717) is 15.6 Å². The number of thioether (sulfide) groups is 1. The molecule has 0 bridgehead atoms. The molecule has 2 aliphatic heterocycles. The van der Waals surface area contributed by atoms with E-state index in [1.165, 1.54) is 17.8 Å². The van der Waals surface area contributed by atoms with Crippen molar-refractivity contribution in [2.75, 3.05) is 33.2 Å². The number of hydrogen-bond acceptors (Lipinski definition) is 4. The summed E-state index contributed by atoms with van der Waals surface area (Å²) in [5.41, 5.74) is 0.449. The number of rotatable bonds is 1. The zero-order valence-corrected chi connectivity index (χ0v) is 12.9. The Hall–Kier alpha value is -1.73. The van der Waals surface area contributed by atoms with Crippen LogP contribution >= 0.6 is 11.8 Å². The quantitative estimate of drug-likeness (QED) is 0.742. The molecule has 116 valence electrons. The molecule has 7 heteroatoms. The van der Waals surface area contributed by atoms with Gasteiger partial charge >= 0.3 is 0 Å². The number of aliphatic imine (C=N–C) groups is 1. The van der Waals surface area contributed by atoms with Crippen molar-refractivity contribution in [3.05, 3.63) is 40.3 Å². The predicted molar refractivity (Wildman–Crippen MR) is 83.4 cm³/mol. The van der Waals surface area contributed by atoms with E-state index in [1.807, 2.05) is 0 Å². The first-order valence-electron chi connectivity index (χ1n) is 6.94. The molecule has 1 saturated heterocycles. The topological polar surface area (TPSA) is 35.9 Å². The van der Waals surface area contributed by atoms with Gasteiger partial charge in [0.05, 0.1) is 4.91 Å². The molecule has 22 heavy (non-hydrogen) atoms. The highest BCUT2D eigenvalue weighted by molar-refractivity contribution is 8.18. The summed E-state index contributed by atoms with van der Waals surface area (Å²) in [7, 11) is 2.06. The third-order valence-electron chi connectivity index (χ3n) is 3.62. The fourth-order valence-corrected chi connectivity index (χ4v) is 3.25. The van der Waals surface area contributed by atoms with Crippen LogP contribution in [0.15, 0.2) is 28.1 Å². The lowest BCUT2D eigenvalue weighted by Gasteiger charge is -2.32. The molecule has 4 nitrogen and oxygen atoms in total. The maximum absolute atomic E-state index is 13.2. The number of benzene rings is 1. The van der Waals surface area contributed by atoms with Gasteiger partial charge in [-0.2, -0.15) is 4.99 Å². The van der Waals surface area contributed by atoms with Crippen LogP contribution in [-0.2, 0) is 4.79 Å². The molecule has 1 aromatic rings. The molecule has 2 heterocycles. The van der Waals surface area contributed by atoms with Gasteiger partial charge in [-0.15, -0.1) is 0 Å². The van der Waals surface area contributed by atoms with Gasteiger partial charge in [0.15, 0.2) is 16.8 Å². The second kappa shape index (κ2) is 6.18. The van der Waals surface area contributed by atoms with Crippen molar-refractivity contribution in [1.82, 2.24) is 9.80 Å². The molecule has 0 radical (unpaired) electrons. The number of amidine groups is 1. The Morgan fingerprint density at radius 2 is 1.91 bits per heavy atom. The van der Waals surface area contributed by atoms with Crippen LogP contribution < -0.4 is 0 Å². The standard InChI is InChI=1S/C15H15F2N3OS/c1-19-4-6-20(7-5-19)15-18-14(21)13(22-15)9-10-2-3-11(16)12(17)8-10/h2-3,8-9H,4-7H2,1H3/b13-9-. The van der Waals surface area contributed by atoms with E-state index >= 15 is 0 Å². The molecule has 0 saturated carbocycles. The molecular weight excluding hydrogens is 308 g/mol. The number of piperazine rings is 1. The number of halogens is 2. The van der Waals surface area contributed by atoms with E-state index in [2.05, 4.69) is 21.8 Å². The molecule has 0 atom stereocenters. The minimum Gasteiger partial charge on any atom is -0.348 e. The highest BCUT2D eigenvalue weighted by atomic mass is 32.2. The maximum atomic E-state index is 13.2. The summed E-state index contributed by atoms with van der Waals surface area (Å²) in [5.74, 6) is -2.16. The minimum absolute atomic E-state index is 0.330. The molecule has 0 spiro atoms. The molecule has 1 aromatic carbocycles. The van der Waals surface area contributed by atoms with E-state index in [0.717, 1.165) is 38.3 Å². The van der Waals surface area contributed by atoms with Gasteiger partial charge in [0, 0.05) is 26.2 Å². The van der Waals surface area contributed by atoms with E-state index in [-0.39, 0.29) is 5.91 Å². The second-order valence-corrected chi connectivity index (χ2v) is 6.28. The monoisotopic (exact) mass is 323 g/mol. The lowest BCUT2D eigenvalue weighted by Crippen LogP contribution is -2.46. The SMILES string of the molecule is CN1CCN(C2=NC(=O)/C(=C/c3ccc(F)c(F)c3)S2)CC1. The highest BCUT2D eigenvalue weighted by Crippen LogP contribution is 2.30. The number of nitrogens with zero attached hydrogens (tertiary/aromatic N) is 3. The molecule has 1 amide bonds. The molecule has 1 fully saturated rings. The summed E-state index contributed by atoms with van der Waals surface area (Å²) in [6, 6.07) is 3.56. The van der Waals surface area contributed by atoms with Gasteiger partial charge in [-0.25, -0.2) is 8.78 Å². The second-order valence-electron chi connectivity index (χ2n) is 5.27. The Morgan fingerprint density at radius 1 is 1.18 bits per heavy atom. The Bertz CT molecular complexity index is 667. The van der Waals surface area contributed by atoms with Crippen molar-refractivity contribution in [2.24, 2.45) is 4.99 Å². The van der Waals surface area contributed by atoms with E-state index < -0.39 is 11.6 Å². The first kappa shape index (κ1) is 15.2. The molecule has 0 N–H and O–H groups in total. The van der Waals surface area contributed by atoms with E-state index in [4.69, 9.17) is 0 Å². The lowest BCUT2D eigenvalue weighted by atomic mass is 10.2. The number of likely N-dealkylation sites (N-methyl/N-ethyl adjacent to an activating group) is 1. The average Bonchev–Trinajstić information content (AvgIpc) is 2.85. The van der Waals surface area contributed by atoms with Crippen molar-refractivity contribution < 1.29 is 13.6 Å². The number of carbonyl (C=O) groups excluding carboxylic acids is 1. The Morgan fingerprint density at radius 3 is 2.59 bits per heavy atom. The van der Waals surface area contributed by atoms with Gasteiger partial charge in [0.1, 0.15) is 0 Å². The van der Waals surface area contributed by atoms with Gasteiger partial charge in [0.2, 0.25) is 0 Å². The summed E-state index contributed by atoms with van der Waals surface area (Å²) in [6.45, 7) is 3.51. The van der Waals surface area contributed by atoms with Crippen molar-refractivity contribution in [1.29, 1.82) is 0 Å². The molecule has 3 rings (SSSR count). The first-order valence-corrected chi connectivity index (χ1v) is 7.76. The summed E-state index contributed by atoms with van der Waals surface area (Å²) in [6.07, 6.45) is 1.54. The van der Waals surface area contributed by atoms with Gasteiger partial charge in [0.25, 0.3) is 5.91 Å². The van der Waals surface area contributed by atoms with Crippen molar-refractivity contribution in [2.45, 2.75) is 0 Å². The van der Waals surface area contributed by atoms with Gasteiger partial charge < -0.3 is 9.80 Å². The zero-order valence-electron chi connectivity index (χ0n) is 12.1. The smallest absolute Gasteiger partial charge is 0.286 e. The van der Waals surface area contributed by atoms with Crippen molar-refractivity contribution in [3.8, 4) is 0 Å². The Labute approximate surface area is 131 Å². The Kier molecular flexibility index (Phi) is 4.26. The van der Waals surface area contributed by atoms with Crippen molar-refractivity contribution in [3.63, 3.8) is 0 Å². The fourth-order valence-electron chi connectivity index (χ4n) is 2.28. The zero-order chi connectivity index (χ0) is 15.7. The highest BCUT2D eigenvalue weighted by Gasteiger charge is 2.27. The van der Waals surface area contributed by atoms with Crippen LogP contribution in [0.25, 0.3) is 6.08 Å². The maximum Gasteiger partial charge on any atom is 0.286 e. The van der Waals surface area contributed by atoms with Crippen LogP contribution in [-0.4, -0.2) is 54.1 Å². The van der Waals surface area contributed by atoms with Crippen LogP contribution in [0.3, 0.4) is 0 Å². The van der Waals surface area contributed by atoms with Crippen LogP contribution in [0.1, 0.15) is 5.56 Å². The van der Waals surface area contributed by atoms with Gasteiger partial charge in [-0.1, -0.05) is 6.07 Å². The molecule has 2 aliphatic rings. The molecule has 0 aliphatic carbocycles. The van der Waals surface area contributed by atoms with E-state index in [1.54, 1.807) is 6.08 Å². The minimum atomic E-state index is -0.926. The third-order valence-corrected chi connectivity index (χ3v) is 4.67. The number of hydrogen-bond donors (Lipinski definition) is 0. The summed E-state index contributed by atoms with van der Waals surface area (Å²) in [5, 5.41) is 0.687. The number of carbonyl (C=O) groups is 1. The van der Waals surface area contributed by atoms with Gasteiger partial charge in [-0.05, 0) is 42.6 Å². The van der Waals surface area contributed by atoms with Crippen LogP contribution in [0.5, 0.6) is 0 Å². The lowest BCUT2D eigenvalue weighted by molar-refractivity contribution is -0.113. The summed E-state index contributed by atoms with van der Waals surface area (Å²) < 4.78 is 26.1. The van der Waals surface area contributed by atoms with Crippen molar-refractivity contribution >= 4 is 28.9 Å². The van der Waals surface area contributed by atoms with Crippen LogP contribution in [0.2, 0.25) is 0 Å². The van der Waals surface area contributed by atoms with Gasteiger partial charge in [-0.3, -0.25) is 4.79 Å². The summed E-state index contributed by atoms with van der Waals surface area (Å²) >= 11 is 1.28. The fraction of sp³-hybridized carbons (Fsp3) is 0.333. The largest absolute Gasteiger partial charge is 0.348 e.